The van der Waals surface area contributed by atoms with Crippen LogP contribution in [0.15, 0.2) is 72.8 Å². The summed E-state index contributed by atoms with van der Waals surface area (Å²) in [6.07, 6.45) is 0. The standard InChI is InChI=1S/C28H22N4O2/c29-17-9-1-5-13-21(14-6-2-10-18(30)24(14)27(33)23(13)17)22-15-7-3-11-19(31)25(15)28(34)26-16(22)8-4-12-20(26)32/h1-12,21-22H,29-32H2/p+4. The highest BCUT2D eigenvalue weighted by molar-refractivity contribution is 6.19. The third-order valence-corrected chi connectivity index (χ3v) is 7.31. The number of carbonyl (C=O) groups excluding carboxylic acids is 2. The van der Waals surface area contributed by atoms with E-state index in [1.807, 2.05) is 72.8 Å². The number of carbonyl (C=O) groups is 2. The van der Waals surface area contributed by atoms with Gasteiger partial charge in [-0.05, 0) is 46.5 Å². The Balaban J connectivity index is 1.75. The number of rotatable bonds is 1. The average molecular weight is 451 g/mol. The van der Waals surface area contributed by atoms with Gasteiger partial charge in [0.05, 0.1) is 22.3 Å². The van der Waals surface area contributed by atoms with Crippen molar-refractivity contribution in [2.45, 2.75) is 11.8 Å². The lowest BCUT2D eigenvalue weighted by Crippen LogP contribution is -2.47. The molecule has 0 aliphatic heterocycles. The largest absolute Gasteiger partial charge is 0.325 e. The van der Waals surface area contributed by atoms with Crippen LogP contribution in [0, 0.1) is 0 Å². The molecular formula is C28H26N4O2+4. The Morgan fingerprint density at radius 3 is 0.882 bits per heavy atom. The van der Waals surface area contributed by atoms with Crippen LogP contribution in [0.2, 0.25) is 0 Å². The predicted molar refractivity (Wildman–Crippen MR) is 127 cm³/mol. The Morgan fingerprint density at radius 2 is 0.647 bits per heavy atom. The van der Waals surface area contributed by atoms with Crippen LogP contribution in [0.1, 0.15) is 65.9 Å². The molecule has 12 N–H and O–H groups in total. The zero-order valence-corrected chi connectivity index (χ0v) is 18.7. The molecule has 0 saturated carbocycles. The quantitative estimate of drug-likeness (QED) is 0.346. The molecule has 166 valence electrons. The maximum Gasteiger partial charge on any atom is 0.205 e. The Bertz CT molecular complexity index is 1330. The van der Waals surface area contributed by atoms with Crippen LogP contribution in [0.3, 0.4) is 0 Å². The molecule has 34 heavy (non-hydrogen) atoms. The maximum absolute atomic E-state index is 13.7. The summed E-state index contributed by atoms with van der Waals surface area (Å²) in [5.74, 6) is -0.469. The first kappa shape index (κ1) is 20.7. The summed E-state index contributed by atoms with van der Waals surface area (Å²) in [6.45, 7) is 0. The van der Waals surface area contributed by atoms with Crippen LogP contribution < -0.4 is 22.9 Å². The molecule has 0 saturated heterocycles. The molecule has 0 amide bonds. The lowest BCUT2D eigenvalue weighted by molar-refractivity contribution is -0.257. The topological polar surface area (TPSA) is 145 Å². The molecule has 6 heteroatoms. The summed E-state index contributed by atoms with van der Waals surface area (Å²) in [4.78, 5) is 27.4. The van der Waals surface area contributed by atoms with Crippen molar-refractivity contribution in [2.75, 3.05) is 0 Å². The number of benzene rings is 4. The van der Waals surface area contributed by atoms with Gasteiger partial charge in [0.25, 0.3) is 0 Å². The molecule has 0 radical (unpaired) electrons. The van der Waals surface area contributed by atoms with Gasteiger partial charge in [0.15, 0.2) is 0 Å². The van der Waals surface area contributed by atoms with Crippen LogP contribution in [-0.2, 0) is 0 Å². The summed E-state index contributed by atoms with van der Waals surface area (Å²) < 4.78 is 0. The maximum atomic E-state index is 13.7. The second-order valence-corrected chi connectivity index (χ2v) is 9.14. The molecule has 0 atom stereocenters. The van der Waals surface area contributed by atoms with Gasteiger partial charge in [0, 0.05) is 11.8 Å². The van der Waals surface area contributed by atoms with Crippen LogP contribution in [0.4, 0.5) is 22.7 Å². The van der Waals surface area contributed by atoms with Crippen LogP contribution >= 0.6 is 0 Å². The third-order valence-electron chi connectivity index (χ3n) is 7.31. The lowest BCUT2D eigenvalue weighted by Gasteiger charge is -2.37. The van der Waals surface area contributed by atoms with E-state index in [4.69, 9.17) is 0 Å². The van der Waals surface area contributed by atoms with Crippen molar-refractivity contribution in [3.05, 3.63) is 117 Å². The Kier molecular flexibility index (Phi) is 4.42. The summed E-state index contributed by atoms with van der Waals surface area (Å²) in [5, 5.41) is 0. The Morgan fingerprint density at radius 1 is 0.412 bits per heavy atom. The van der Waals surface area contributed by atoms with Gasteiger partial charge in [-0.25, -0.2) is 0 Å². The molecule has 0 aromatic heterocycles. The van der Waals surface area contributed by atoms with Gasteiger partial charge in [-0.3, -0.25) is 9.59 Å². The number of hydrogen-bond acceptors (Lipinski definition) is 2. The van der Waals surface area contributed by atoms with Gasteiger partial charge < -0.3 is 22.9 Å². The smallest absolute Gasteiger partial charge is 0.205 e. The SMILES string of the molecule is [NH3+]c1cccc2c1C(=O)c1c([NH3+])cccc1C2C1c2cccc([NH3+])c2C(=O)c2c([NH3+])cccc21. The molecule has 0 bridgehead atoms. The van der Waals surface area contributed by atoms with Crippen molar-refractivity contribution in [3.8, 4) is 0 Å². The fourth-order valence-electron chi connectivity index (χ4n) is 5.93. The van der Waals surface area contributed by atoms with Gasteiger partial charge in [0.2, 0.25) is 11.6 Å². The van der Waals surface area contributed by atoms with Crippen molar-refractivity contribution in [2.24, 2.45) is 0 Å². The van der Waals surface area contributed by atoms with Crippen molar-refractivity contribution in [1.82, 2.24) is 0 Å². The minimum absolute atomic E-state index is 0.0402. The average Bonchev–Trinajstić information content (AvgIpc) is 2.80. The minimum atomic E-state index is -0.194. The Labute approximate surface area is 196 Å². The first-order valence-electron chi connectivity index (χ1n) is 11.3. The van der Waals surface area contributed by atoms with Crippen molar-refractivity contribution < 1.29 is 32.5 Å². The van der Waals surface area contributed by atoms with E-state index in [0.29, 0.717) is 45.0 Å². The van der Waals surface area contributed by atoms with E-state index < -0.39 is 0 Å². The number of fused-ring (bicyclic) bond motifs is 4. The molecule has 2 aliphatic rings. The normalized spacial score (nSPS) is 14.9. The van der Waals surface area contributed by atoms with Gasteiger partial charge in [-0.15, -0.1) is 0 Å². The van der Waals surface area contributed by atoms with Crippen molar-refractivity contribution in [3.63, 3.8) is 0 Å². The molecule has 6 nitrogen and oxygen atoms in total. The van der Waals surface area contributed by atoms with Crippen LogP contribution in [0.5, 0.6) is 0 Å². The summed E-state index contributed by atoms with van der Waals surface area (Å²) in [5.41, 5.74) is 25.8. The van der Waals surface area contributed by atoms with E-state index >= 15 is 0 Å². The molecular weight excluding hydrogens is 424 g/mol. The van der Waals surface area contributed by atoms with E-state index in [1.165, 1.54) is 0 Å². The molecule has 0 heterocycles. The lowest BCUT2D eigenvalue weighted by atomic mass is 9.63. The van der Waals surface area contributed by atoms with E-state index in [-0.39, 0.29) is 23.4 Å². The second-order valence-electron chi connectivity index (χ2n) is 9.14. The fourth-order valence-corrected chi connectivity index (χ4v) is 5.93. The number of ketones is 2. The monoisotopic (exact) mass is 450 g/mol. The van der Waals surface area contributed by atoms with Gasteiger partial charge in [-0.2, -0.15) is 0 Å². The van der Waals surface area contributed by atoms with Crippen molar-refractivity contribution in [1.29, 1.82) is 0 Å². The van der Waals surface area contributed by atoms with Crippen LogP contribution in [0.25, 0.3) is 0 Å². The summed E-state index contributed by atoms with van der Waals surface area (Å²) in [6, 6.07) is 23.4. The molecule has 4 aromatic rings. The van der Waals surface area contributed by atoms with Crippen LogP contribution in [-0.4, -0.2) is 11.6 Å². The van der Waals surface area contributed by atoms with Gasteiger partial charge in [-0.1, -0.05) is 48.5 Å². The third kappa shape index (κ3) is 2.65. The van der Waals surface area contributed by atoms with E-state index in [0.717, 1.165) is 22.3 Å². The predicted octanol–water partition coefficient (Wildman–Crippen LogP) is 1.23. The van der Waals surface area contributed by atoms with Crippen molar-refractivity contribution >= 4 is 34.3 Å². The molecule has 6 rings (SSSR count). The Hall–Kier alpha value is -3.94. The van der Waals surface area contributed by atoms with Gasteiger partial charge in [0.1, 0.15) is 22.7 Å². The number of hydrogen-bond donors (Lipinski definition) is 4. The van der Waals surface area contributed by atoms with Gasteiger partial charge >= 0.3 is 0 Å². The summed E-state index contributed by atoms with van der Waals surface area (Å²) >= 11 is 0. The highest BCUT2D eigenvalue weighted by Gasteiger charge is 2.45. The van der Waals surface area contributed by atoms with E-state index in [9.17, 15) is 9.59 Å². The zero-order chi connectivity index (χ0) is 23.7. The highest BCUT2D eigenvalue weighted by Crippen LogP contribution is 2.53. The van der Waals surface area contributed by atoms with E-state index in [2.05, 4.69) is 22.9 Å². The molecule has 4 aromatic carbocycles. The molecule has 0 spiro atoms. The molecule has 0 unspecified atom stereocenters. The first-order valence-corrected chi connectivity index (χ1v) is 11.3. The highest BCUT2D eigenvalue weighted by atomic mass is 16.1. The molecule has 0 fully saturated rings. The first-order chi connectivity index (χ1) is 16.4. The zero-order valence-electron chi connectivity index (χ0n) is 18.7. The fraction of sp³-hybridized carbons (Fsp3) is 0.0714. The number of quaternary nitrogens is 4. The second kappa shape index (κ2) is 7.28. The molecule has 2 aliphatic carbocycles. The summed E-state index contributed by atoms with van der Waals surface area (Å²) in [7, 11) is 0. The van der Waals surface area contributed by atoms with E-state index in [1.54, 1.807) is 0 Å². The minimum Gasteiger partial charge on any atom is -0.325 e.